The fraction of sp³-hybridized carbons (Fsp3) is 0.944. The predicted molar refractivity (Wildman–Crippen MR) is 88.6 cm³/mol. The van der Waals surface area contributed by atoms with Gasteiger partial charge in [0.15, 0.2) is 6.10 Å². The number of carboxylic acids is 1. The van der Waals surface area contributed by atoms with Gasteiger partial charge in [-0.05, 0) is 6.42 Å². The lowest BCUT2D eigenvalue weighted by molar-refractivity contribution is -0.146. The number of rotatable bonds is 16. The van der Waals surface area contributed by atoms with E-state index in [1.807, 2.05) is 0 Å². The van der Waals surface area contributed by atoms with Gasteiger partial charge in [0, 0.05) is 0 Å². The van der Waals surface area contributed by atoms with Crippen LogP contribution in [0, 0.1) is 0 Å². The Kier molecular flexibility index (Phi) is 15.4. The third kappa shape index (κ3) is 15.6. The van der Waals surface area contributed by atoms with E-state index in [0.717, 1.165) is 12.8 Å². The molecule has 0 aliphatic carbocycles. The van der Waals surface area contributed by atoms with E-state index < -0.39 is 12.1 Å². The van der Waals surface area contributed by atoms with Crippen molar-refractivity contribution < 1.29 is 15.0 Å². The fourth-order valence-corrected chi connectivity index (χ4v) is 2.66. The summed E-state index contributed by atoms with van der Waals surface area (Å²) in [5.41, 5.74) is 0. The van der Waals surface area contributed by atoms with Crippen LogP contribution >= 0.6 is 0 Å². The first-order chi connectivity index (χ1) is 10.2. The molecule has 0 unspecified atom stereocenters. The maximum atomic E-state index is 10.4. The second kappa shape index (κ2) is 15.8. The number of carboxylic acid groups (broad SMARTS) is 1. The average molecular weight is 300 g/mol. The van der Waals surface area contributed by atoms with Crippen LogP contribution in [0.15, 0.2) is 0 Å². The Morgan fingerprint density at radius 3 is 1.38 bits per heavy atom. The van der Waals surface area contributed by atoms with Crippen molar-refractivity contribution in [3.8, 4) is 0 Å². The Balaban J connectivity index is 3.04. The molecule has 0 aromatic carbocycles. The molecule has 0 saturated carbocycles. The number of aliphatic carboxylic acids is 1. The van der Waals surface area contributed by atoms with Crippen molar-refractivity contribution in [2.24, 2.45) is 0 Å². The molecule has 0 rings (SSSR count). The van der Waals surface area contributed by atoms with Crippen molar-refractivity contribution in [2.75, 3.05) is 0 Å². The van der Waals surface area contributed by atoms with E-state index in [1.54, 1.807) is 0 Å². The van der Waals surface area contributed by atoms with E-state index in [4.69, 9.17) is 10.2 Å². The topological polar surface area (TPSA) is 57.5 Å². The summed E-state index contributed by atoms with van der Waals surface area (Å²) in [5, 5.41) is 17.7. The first-order valence-electron chi connectivity index (χ1n) is 9.09. The molecular formula is C18H36O3. The van der Waals surface area contributed by atoms with Crippen LogP contribution in [0.25, 0.3) is 0 Å². The molecule has 1 atom stereocenters. The zero-order chi connectivity index (χ0) is 15.8. The molecule has 0 aliphatic heterocycles. The molecule has 0 radical (unpaired) electrons. The molecule has 0 aromatic heterocycles. The lowest BCUT2D eigenvalue weighted by Gasteiger charge is -2.05. The zero-order valence-electron chi connectivity index (χ0n) is 14.0. The highest BCUT2D eigenvalue weighted by molar-refractivity contribution is 5.71. The summed E-state index contributed by atoms with van der Waals surface area (Å²) in [6.07, 6.45) is 17.3. The predicted octanol–water partition coefficient (Wildman–Crippen LogP) is 5.30. The Hall–Kier alpha value is -0.570. The molecule has 0 saturated heterocycles. The van der Waals surface area contributed by atoms with Crippen LogP contribution in [0.5, 0.6) is 0 Å². The molecule has 0 spiro atoms. The molecule has 3 heteroatoms. The Morgan fingerprint density at radius 2 is 1.05 bits per heavy atom. The third-order valence-electron chi connectivity index (χ3n) is 4.12. The summed E-state index contributed by atoms with van der Waals surface area (Å²) in [6.45, 7) is 2.26. The molecule has 2 N–H and O–H groups in total. The normalized spacial score (nSPS) is 12.5. The molecule has 0 aliphatic rings. The summed E-state index contributed by atoms with van der Waals surface area (Å²) in [4.78, 5) is 10.4. The van der Waals surface area contributed by atoms with Crippen molar-refractivity contribution >= 4 is 5.97 Å². The van der Waals surface area contributed by atoms with Crippen molar-refractivity contribution in [1.82, 2.24) is 0 Å². The van der Waals surface area contributed by atoms with Gasteiger partial charge in [-0.1, -0.05) is 96.8 Å². The Bertz CT molecular complexity index is 229. The third-order valence-corrected chi connectivity index (χ3v) is 4.12. The van der Waals surface area contributed by atoms with Crippen LogP contribution in [0.1, 0.15) is 103 Å². The van der Waals surface area contributed by atoms with Gasteiger partial charge < -0.3 is 10.2 Å². The van der Waals surface area contributed by atoms with E-state index >= 15 is 0 Å². The van der Waals surface area contributed by atoms with Gasteiger partial charge in [-0.15, -0.1) is 0 Å². The smallest absolute Gasteiger partial charge is 0.332 e. The average Bonchev–Trinajstić information content (AvgIpc) is 2.47. The lowest BCUT2D eigenvalue weighted by atomic mass is 10.0. The van der Waals surface area contributed by atoms with Gasteiger partial charge in [-0.2, -0.15) is 0 Å². The van der Waals surface area contributed by atoms with Gasteiger partial charge in [0.2, 0.25) is 0 Å². The van der Waals surface area contributed by atoms with E-state index in [0.29, 0.717) is 6.42 Å². The molecule has 126 valence electrons. The zero-order valence-corrected chi connectivity index (χ0v) is 14.0. The molecule has 0 bridgehead atoms. The van der Waals surface area contributed by atoms with Gasteiger partial charge in [-0.3, -0.25) is 0 Å². The summed E-state index contributed by atoms with van der Waals surface area (Å²) < 4.78 is 0. The second-order valence-electron chi connectivity index (χ2n) is 6.24. The van der Waals surface area contributed by atoms with Crippen LogP contribution in [0.4, 0.5) is 0 Å². The summed E-state index contributed by atoms with van der Waals surface area (Å²) in [7, 11) is 0. The molecule has 0 fully saturated rings. The SMILES string of the molecule is CCCCCCCCCCCCCCCC[C@@H](O)C(=O)O. The highest BCUT2D eigenvalue weighted by Gasteiger charge is 2.11. The van der Waals surface area contributed by atoms with E-state index in [1.165, 1.54) is 77.0 Å². The minimum Gasteiger partial charge on any atom is -0.479 e. The van der Waals surface area contributed by atoms with Crippen LogP contribution < -0.4 is 0 Å². The quantitative estimate of drug-likeness (QED) is 0.380. The van der Waals surface area contributed by atoms with Crippen LogP contribution in [0.3, 0.4) is 0 Å². The van der Waals surface area contributed by atoms with E-state index in [2.05, 4.69) is 6.92 Å². The maximum absolute atomic E-state index is 10.4. The van der Waals surface area contributed by atoms with Crippen molar-refractivity contribution in [3.63, 3.8) is 0 Å². The molecule has 0 aromatic rings. The number of aliphatic hydroxyl groups is 1. The summed E-state index contributed by atoms with van der Waals surface area (Å²) >= 11 is 0. The molecule has 0 amide bonds. The van der Waals surface area contributed by atoms with Gasteiger partial charge in [0.05, 0.1) is 0 Å². The monoisotopic (exact) mass is 300 g/mol. The minimum atomic E-state index is -1.16. The molecule has 0 heterocycles. The van der Waals surface area contributed by atoms with Gasteiger partial charge in [0.25, 0.3) is 0 Å². The van der Waals surface area contributed by atoms with Gasteiger partial charge in [-0.25, -0.2) is 4.79 Å². The summed E-state index contributed by atoms with van der Waals surface area (Å²) in [5.74, 6) is -1.09. The molecule has 21 heavy (non-hydrogen) atoms. The van der Waals surface area contributed by atoms with Crippen molar-refractivity contribution in [1.29, 1.82) is 0 Å². The number of unbranched alkanes of at least 4 members (excludes halogenated alkanes) is 13. The maximum Gasteiger partial charge on any atom is 0.332 e. The second-order valence-corrected chi connectivity index (χ2v) is 6.24. The number of hydrogen-bond donors (Lipinski definition) is 2. The van der Waals surface area contributed by atoms with E-state index in [9.17, 15) is 4.79 Å². The number of hydrogen-bond acceptors (Lipinski definition) is 2. The van der Waals surface area contributed by atoms with Crippen LogP contribution in [-0.4, -0.2) is 22.3 Å². The molecular weight excluding hydrogens is 264 g/mol. The minimum absolute atomic E-state index is 0.396. The fourth-order valence-electron chi connectivity index (χ4n) is 2.66. The van der Waals surface area contributed by atoms with Crippen LogP contribution in [-0.2, 0) is 4.79 Å². The highest BCUT2D eigenvalue weighted by atomic mass is 16.4. The molecule has 3 nitrogen and oxygen atoms in total. The first-order valence-corrected chi connectivity index (χ1v) is 9.09. The lowest BCUT2D eigenvalue weighted by Crippen LogP contribution is -2.18. The van der Waals surface area contributed by atoms with E-state index in [-0.39, 0.29) is 0 Å². The van der Waals surface area contributed by atoms with Gasteiger partial charge in [0.1, 0.15) is 0 Å². The Labute approximate surface area is 131 Å². The Morgan fingerprint density at radius 1 is 0.714 bits per heavy atom. The van der Waals surface area contributed by atoms with Crippen LogP contribution in [0.2, 0.25) is 0 Å². The highest BCUT2D eigenvalue weighted by Crippen LogP contribution is 2.13. The van der Waals surface area contributed by atoms with Gasteiger partial charge >= 0.3 is 5.97 Å². The largest absolute Gasteiger partial charge is 0.479 e. The van der Waals surface area contributed by atoms with Crippen molar-refractivity contribution in [3.05, 3.63) is 0 Å². The number of aliphatic hydroxyl groups excluding tert-OH is 1. The number of carbonyl (C=O) groups is 1. The first kappa shape index (κ1) is 20.4. The van der Waals surface area contributed by atoms with Crippen molar-refractivity contribution in [2.45, 2.75) is 109 Å². The standard InChI is InChI=1S/C18H36O3/c1-2-3-4-5-6-7-8-9-10-11-12-13-14-15-16-17(19)18(20)21/h17,19H,2-16H2,1H3,(H,20,21)/t17-/m1/s1. The summed E-state index contributed by atoms with van der Waals surface area (Å²) in [6, 6.07) is 0.